The summed E-state index contributed by atoms with van der Waals surface area (Å²) >= 11 is 4.15. The third kappa shape index (κ3) is 8.76. The van der Waals surface area contributed by atoms with Crippen molar-refractivity contribution in [3.05, 3.63) is 29.8 Å². The number of thiol groups is 1. The number of rotatable bonds is 10. The van der Waals surface area contributed by atoms with E-state index in [0.29, 0.717) is 24.1 Å². The summed E-state index contributed by atoms with van der Waals surface area (Å²) in [6.45, 7) is 4.44. The molecule has 1 aliphatic rings. The molecule has 1 amide bonds. The topological polar surface area (TPSA) is 59.6 Å². The Balaban J connectivity index is 0.00000392. The van der Waals surface area contributed by atoms with Crippen LogP contribution in [0.5, 0.6) is 11.5 Å². The van der Waals surface area contributed by atoms with Crippen LogP contribution in [0.3, 0.4) is 0 Å². The Kier molecular flexibility index (Phi) is 12.1. The zero-order chi connectivity index (χ0) is 19.5. The molecule has 1 saturated carbocycles. The SMILES string of the molecule is COc1cc(C=CC(=O)N[C@H]2CC[C@H](C)CC2)ccc1OCCNCCS.Cl. The molecule has 158 valence electrons. The summed E-state index contributed by atoms with van der Waals surface area (Å²) < 4.78 is 11.2. The van der Waals surface area contributed by atoms with Crippen molar-refractivity contribution in [2.75, 3.05) is 32.6 Å². The van der Waals surface area contributed by atoms with Crippen LogP contribution in [0, 0.1) is 5.92 Å². The summed E-state index contributed by atoms with van der Waals surface area (Å²) in [6, 6.07) is 5.98. The molecule has 1 fully saturated rings. The first-order chi connectivity index (χ1) is 13.1. The maximum absolute atomic E-state index is 12.1. The monoisotopic (exact) mass is 428 g/mol. The second-order valence-electron chi connectivity index (χ2n) is 7.03. The Morgan fingerprint density at radius 1 is 1.21 bits per heavy atom. The lowest BCUT2D eigenvalue weighted by Gasteiger charge is -2.26. The zero-order valence-corrected chi connectivity index (χ0v) is 18.5. The van der Waals surface area contributed by atoms with Crippen molar-refractivity contribution in [1.82, 2.24) is 10.6 Å². The summed E-state index contributed by atoms with van der Waals surface area (Å²) in [5.41, 5.74) is 0.903. The van der Waals surface area contributed by atoms with Gasteiger partial charge in [-0.25, -0.2) is 0 Å². The van der Waals surface area contributed by atoms with Crippen LogP contribution in [0.4, 0.5) is 0 Å². The van der Waals surface area contributed by atoms with Crippen LogP contribution in [-0.2, 0) is 4.79 Å². The van der Waals surface area contributed by atoms with Gasteiger partial charge in [0.25, 0.3) is 0 Å². The molecule has 0 saturated heterocycles. The van der Waals surface area contributed by atoms with Gasteiger partial charge in [-0.2, -0.15) is 12.6 Å². The van der Waals surface area contributed by atoms with Crippen molar-refractivity contribution in [3.8, 4) is 11.5 Å². The van der Waals surface area contributed by atoms with Gasteiger partial charge in [-0.3, -0.25) is 4.79 Å². The van der Waals surface area contributed by atoms with Crippen LogP contribution >= 0.6 is 25.0 Å². The predicted molar refractivity (Wildman–Crippen MR) is 121 cm³/mol. The molecule has 7 heteroatoms. The van der Waals surface area contributed by atoms with E-state index in [2.05, 4.69) is 30.2 Å². The van der Waals surface area contributed by atoms with E-state index in [4.69, 9.17) is 9.47 Å². The lowest BCUT2D eigenvalue weighted by atomic mass is 9.87. The molecule has 0 spiro atoms. The maximum Gasteiger partial charge on any atom is 0.244 e. The second-order valence-corrected chi connectivity index (χ2v) is 7.48. The van der Waals surface area contributed by atoms with Crippen molar-refractivity contribution in [2.24, 2.45) is 5.92 Å². The third-order valence-corrected chi connectivity index (χ3v) is 5.03. The van der Waals surface area contributed by atoms with Crippen LogP contribution in [0.15, 0.2) is 24.3 Å². The lowest BCUT2D eigenvalue weighted by Crippen LogP contribution is -2.36. The highest BCUT2D eigenvalue weighted by Crippen LogP contribution is 2.28. The molecule has 0 bridgehead atoms. The summed E-state index contributed by atoms with van der Waals surface area (Å²) in [4.78, 5) is 12.1. The van der Waals surface area contributed by atoms with E-state index in [1.807, 2.05) is 18.2 Å². The van der Waals surface area contributed by atoms with Gasteiger partial charge >= 0.3 is 0 Å². The van der Waals surface area contributed by atoms with E-state index in [9.17, 15) is 4.79 Å². The van der Waals surface area contributed by atoms with Crippen molar-refractivity contribution in [1.29, 1.82) is 0 Å². The van der Waals surface area contributed by atoms with E-state index < -0.39 is 0 Å². The average molecular weight is 429 g/mol. The fourth-order valence-corrected chi connectivity index (χ4v) is 3.33. The van der Waals surface area contributed by atoms with Gasteiger partial charge in [-0.1, -0.05) is 13.0 Å². The molecular formula is C21H33ClN2O3S. The number of amides is 1. The Morgan fingerprint density at radius 2 is 1.96 bits per heavy atom. The molecular weight excluding hydrogens is 396 g/mol. The highest BCUT2D eigenvalue weighted by atomic mass is 35.5. The van der Waals surface area contributed by atoms with Crippen molar-refractivity contribution >= 4 is 37.0 Å². The molecule has 1 aromatic carbocycles. The number of hydrogen-bond donors (Lipinski definition) is 3. The molecule has 0 unspecified atom stereocenters. The standard InChI is InChI=1S/C21H32N2O3S.ClH/c1-16-3-7-18(8-4-16)23-21(24)10-6-17-5-9-19(20(15-17)25-2)26-13-11-22-12-14-27;/h5-6,9-10,15-16,18,22,27H,3-4,7-8,11-14H2,1-2H3,(H,23,24);1H/t16-,18-;. The maximum atomic E-state index is 12.1. The van der Waals surface area contributed by atoms with Gasteiger partial charge in [-0.05, 0) is 55.4 Å². The molecule has 0 aromatic heterocycles. The van der Waals surface area contributed by atoms with Crippen LogP contribution in [0.25, 0.3) is 6.08 Å². The lowest BCUT2D eigenvalue weighted by molar-refractivity contribution is -0.117. The average Bonchev–Trinajstić information content (AvgIpc) is 2.68. The van der Waals surface area contributed by atoms with Crippen LogP contribution < -0.4 is 20.1 Å². The first-order valence-corrected chi connectivity index (χ1v) is 10.4. The minimum absolute atomic E-state index is 0. The number of hydrogen-bond acceptors (Lipinski definition) is 5. The smallest absolute Gasteiger partial charge is 0.244 e. The normalized spacial score (nSPS) is 19.1. The Hall–Kier alpha value is -1.37. The molecule has 1 aromatic rings. The highest BCUT2D eigenvalue weighted by Gasteiger charge is 2.18. The first-order valence-electron chi connectivity index (χ1n) is 9.73. The molecule has 0 aliphatic heterocycles. The largest absolute Gasteiger partial charge is 0.493 e. The molecule has 0 radical (unpaired) electrons. The highest BCUT2D eigenvalue weighted by molar-refractivity contribution is 7.80. The minimum Gasteiger partial charge on any atom is -0.493 e. The molecule has 0 atom stereocenters. The van der Waals surface area contributed by atoms with Gasteiger partial charge in [0, 0.05) is 31.0 Å². The van der Waals surface area contributed by atoms with E-state index in [1.165, 1.54) is 12.8 Å². The summed E-state index contributed by atoms with van der Waals surface area (Å²) in [6.07, 6.45) is 7.93. The Morgan fingerprint density at radius 3 is 2.64 bits per heavy atom. The minimum atomic E-state index is -0.0379. The number of benzene rings is 1. The molecule has 0 heterocycles. The molecule has 2 N–H and O–H groups in total. The summed E-state index contributed by atoms with van der Waals surface area (Å²) in [5.74, 6) is 2.90. The van der Waals surface area contributed by atoms with E-state index in [1.54, 1.807) is 19.3 Å². The summed E-state index contributed by atoms with van der Waals surface area (Å²) in [7, 11) is 1.62. The van der Waals surface area contributed by atoms with Gasteiger partial charge in [0.1, 0.15) is 6.61 Å². The zero-order valence-electron chi connectivity index (χ0n) is 16.8. The van der Waals surface area contributed by atoms with Gasteiger partial charge in [0.05, 0.1) is 7.11 Å². The Bertz CT molecular complexity index is 620. The molecule has 5 nitrogen and oxygen atoms in total. The van der Waals surface area contributed by atoms with Crippen molar-refractivity contribution in [2.45, 2.75) is 38.6 Å². The van der Waals surface area contributed by atoms with Crippen LogP contribution in [0.1, 0.15) is 38.2 Å². The van der Waals surface area contributed by atoms with Crippen LogP contribution in [0.2, 0.25) is 0 Å². The number of methoxy groups -OCH3 is 1. The quantitative estimate of drug-likeness (QED) is 0.302. The Labute approximate surface area is 180 Å². The molecule has 1 aliphatic carbocycles. The second kappa shape index (κ2) is 13.7. The van der Waals surface area contributed by atoms with Gasteiger partial charge < -0.3 is 20.1 Å². The summed E-state index contributed by atoms with van der Waals surface area (Å²) in [5, 5.41) is 6.33. The third-order valence-electron chi connectivity index (χ3n) is 4.80. The number of carbonyl (C=O) groups is 1. The van der Waals surface area contributed by atoms with E-state index >= 15 is 0 Å². The molecule has 2 rings (SSSR count). The van der Waals surface area contributed by atoms with Gasteiger partial charge in [0.15, 0.2) is 11.5 Å². The number of ether oxygens (including phenoxy) is 2. The molecule has 28 heavy (non-hydrogen) atoms. The number of halogens is 1. The van der Waals surface area contributed by atoms with Crippen molar-refractivity contribution in [3.63, 3.8) is 0 Å². The van der Waals surface area contributed by atoms with Crippen molar-refractivity contribution < 1.29 is 14.3 Å². The van der Waals surface area contributed by atoms with Gasteiger partial charge in [-0.15, -0.1) is 12.4 Å². The predicted octanol–water partition coefficient (Wildman–Crippen LogP) is 3.72. The van der Waals surface area contributed by atoms with E-state index in [0.717, 1.165) is 43.2 Å². The van der Waals surface area contributed by atoms with E-state index in [-0.39, 0.29) is 18.3 Å². The fraction of sp³-hybridized carbons (Fsp3) is 0.571. The van der Waals surface area contributed by atoms with Crippen LogP contribution in [-0.4, -0.2) is 44.5 Å². The fourth-order valence-electron chi connectivity index (χ4n) is 3.17. The van der Waals surface area contributed by atoms with Gasteiger partial charge in [0.2, 0.25) is 5.91 Å². The number of nitrogens with one attached hydrogen (secondary N) is 2. The first kappa shape index (κ1) is 24.7. The number of carbonyl (C=O) groups excluding carboxylic acids is 1.